The highest BCUT2D eigenvalue weighted by atomic mass is 16.4. The lowest BCUT2D eigenvalue weighted by Gasteiger charge is -2.03. The monoisotopic (exact) mass is 213 g/mol. The minimum Gasteiger partial charge on any atom is -0.478 e. The van der Waals surface area contributed by atoms with Crippen LogP contribution >= 0.6 is 0 Å². The van der Waals surface area contributed by atoms with Crippen LogP contribution in [0.3, 0.4) is 0 Å². The number of hydrogen-bond acceptors (Lipinski definition) is 1. The van der Waals surface area contributed by atoms with Crippen molar-refractivity contribution < 1.29 is 9.90 Å². The van der Waals surface area contributed by atoms with Crippen molar-refractivity contribution in [1.29, 1.82) is 0 Å². The Morgan fingerprint density at radius 2 is 1.94 bits per heavy atom. The van der Waals surface area contributed by atoms with Gasteiger partial charge in [-0.25, -0.2) is 4.79 Å². The standard InChI is InChI=1S/C13H11NO2/c15-13(16)7-6-11-4-3-5-12(10-11)14-8-1-2-9-14/h1-10H,(H,15,16). The molecule has 1 aromatic heterocycles. The fourth-order valence-corrected chi connectivity index (χ4v) is 1.46. The van der Waals surface area contributed by atoms with Crippen LogP contribution in [0.2, 0.25) is 0 Å². The molecule has 0 fully saturated rings. The third kappa shape index (κ3) is 2.39. The van der Waals surface area contributed by atoms with E-state index in [1.165, 1.54) is 0 Å². The molecule has 3 heteroatoms. The maximum atomic E-state index is 10.4. The molecule has 3 nitrogen and oxygen atoms in total. The van der Waals surface area contributed by atoms with E-state index in [1.54, 1.807) is 6.08 Å². The lowest BCUT2D eigenvalue weighted by molar-refractivity contribution is -0.131. The molecular weight excluding hydrogens is 202 g/mol. The molecule has 1 aromatic carbocycles. The lowest BCUT2D eigenvalue weighted by Crippen LogP contribution is -1.90. The Bertz CT molecular complexity index is 512. The third-order valence-electron chi connectivity index (χ3n) is 2.19. The quantitative estimate of drug-likeness (QED) is 0.796. The molecule has 2 aromatic rings. The van der Waals surface area contributed by atoms with E-state index in [1.807, 2.05) is 53.4 Å². The van der Waals surface area contributed by atoms with Gasteiger partial charge in [-0.1, -0.05) is 12.1 Å². The minimum absolute atomic E-state index is 0.869. The Kier molecular flexibility index (Phi) is 2.87. The second kappa shape index (κ2) is 4.49. The van der Waals surface area contributed by atoms with Crippen LogP contribution < -0.4 is 0 Å². The first-order valence-electron chi connectivity index (χ1n) is 4.90. The molecule has 80 valence electrons. The van der Waals surface area contributed by atoms with Gasteiger partial charge in [0.1, 0.15) is 0 Å². The van der Waals surface area contributed by atoms with E-state index in [-0.39, 0.29) is 0 Å². The van der Waals surface area contributed by atoms with Crippen molar-refractivity contribution in [2.24, 2.45) is 0 Å². The molecule has 0 aliphatic carbocycles. The average molecular weight is 213 g/mol. The zero-order valence-corrected chi connectivity index (χ0v) is 8.58. The highest BCUT2D eigenvalue weighted by Gasteiger charge is 1.95. The summed E-state index contributed by atoms with van der Waals surface area (Å²) in [6, 6.07) is 11.6. The number of carboxylic acids is 1. The lowest BCUT2D eigenvalue weighted by atomic mass is 10.2. The molecule has 0 saturated heterocycles. The molecule has 0 aliphatic heterocycles. The molecule has 0 saturated carbocycles. The molecule has 2 rings (SSSR count). The van der Waals surface area contributed by atoms with Crippen LogP contribution in [0.5, 0.6) is 0 Å². The molecular formula is C13H11NO2. The summed E-state index contributed by atoms with van der Waals surface area (Å²) in [4.78, 5) is 10.4. The number of rotatable bonds is 3. The topological polar surface area (TPSA) is 42.2 Å². The van der Waals surface area contributed by atoms with Gasteiger partial charge in [-0.15, -0.1) is 0 Å². The summed E-state index contributed by atoms with van der Waals surface area (Å²) < 4.78 is 1.97. The van der Waals surface area contributed by atoms with Gasteiger partial charge in [0.15, 0.2) is 0 Å². The molecule has 0 unspecified atom stereocenters. The highest BCUT2D eigenvalue weighted by molar-refractivity contribution is 5.85. The third-order valence-corrected chi connectivity index (χ3v) is 2.19. The first-order chi connectivity index (χ1) is 7.75. The maximum absolute atomic E-state index is 10.4. The van der Waals surface area contributed by atoms with Crippen molar-refractivity contribution in [2.75, 3.05) is 0 Å². The predicted octanol–water partition coefficient (Wildman–Crippen LogP) is 2.58. The van der Waals surface area contributed by atoms with Gasteiger partial charge in [0.05, 0.1) is 0 Å². The molecule has 1 N–H and O–H groups in total. The van der Waals surface area contributed by atoms with Crippen molar-refractivity contribution in [3.05, 3.63) is 60.4 Å². The Morgan fingerprint density at radius 3 is 2.62 bits per heavy atom. The van der Waals surface area contributed by atoms with Crippen LogP contribution in [0.1, 0.15) is 5.56 Å². The van der Waals surface area contributed by atoms with Crippen LogP contribution in [0.4, 0.5) is 0 Å². The van der Waals surface area contributed by atoms with Gasteiger partial charge in [0.2, 0.25) is 0 Å². The largest absolute Gasteiger partial charge is 0.478 e. The van der Waals surface area contributed by atoms with Crippen LogP contribution in [0, 0.1) is 0 Å². The molecule has 0 bridgehead atoms. The maximum Gasteiger partial charge on any atom is 0.328 e. The molecule has 0 aliphatic rings. The number of hydrogen-bond donors (Lipinski definition) is 1. The Morgan fingerprint density at radius 1 is 1.19 bits per heavy atom. The molecule has 16 heavy (non-hydrogen) atoms. The van der Waals surface area contributed by atoms with Crippen molar-refractivity contribution in [3.8, 4) is 5.69 Å². The summed E-state index contributed by atoms with van der Waals surface area (Å²) >= 11 is 0. The fourth-order valence-electron chi connectivity index (χ4n) is 1.46. The van der Waals surface area contributed by atoms with Crippen LogP contribution in [0.15, 0.2) is 54.9 Å². The summed E-state index contributed by atoms with van der Waals surface area (Å²) in [6.45, 7) is 0. The molecule has 0 radical (unpaired) electrons. The summed E-state index contributed by atoms with van der Waals surface area (Å²) in [5.74, 6) is -0.939. The zero-order chi connectivity index (χ0) is 11.4. The Labute approximate surface area is 93.3 Å². The number of nitrogens with zero attached hydrogens (tertiary/aromatic N) is 1. The molecule has 0 atom stereocenters. The zero-order valence-electron chi connectivity index (χ0n) is 8.58. The summed E-state index contributed by atoms with van der Waals surface area (Å²) in [5, 5.41) is 8.54. The minimum atomic E-state index is -0.939. The van der Waals surface area contributed by atoms with E-state index >= 15 is 0 Å². The van der Waals surface area contributed by atoms with E-state index in [0.717, 1.165) is 17.3 Å². The van der Waals surface area contributed by atoms with Crippen molar-refractivity contribution in [3.63, 3.8) is 0 Å². The summed E-state index contributed by atoms with van der Waals surface area (Å²) in [7, 11) is 0. The van der Waals surface area contributed by atoms with E-state index in [0.29, 0.717) is 0 Å². The normalized spacial score (nSPS) is 10.8. The van der Waals surface area contributed by atoms with E-state index in [4.69, 9.17) is 5.11 Å². The second-order valence-electron chi connectivity index (χ2n) is 3.36. The fraction of sp³-hybridized carbons (Fsp3) is 0. The van der Waals surface area contributed by atoms with Crippen molar-refractivity contribution in [1.82, 2.24) is 4.57 Å². The molecule has 1 heterocycles. The predicted molar refractivity (Wildman–Crippen MR) is 62.4 cm³/mol. The summed E-state index contributed by atoms with van der Waals surface area (Å²) in [5.41, 5.74) is 1.88. The number of aromatic nitrogens is 1. The van der Waals surface area contributed by atoms with Gasteiger partial charge >= 0.3 is 5.97 Å². The average Bonchev–Trinajstić information content (AvgIpc) is 2.80. The summed E-state index contributed by atoms with van der Waals surface area (Å²) in [6.07, 6.45) is 6.60. The van der Waals surface area contributed by atoms with Gasteiger partial charge in [-0.3, -0.25) is 0 Å². The first-order valence-corrected chi connectivity index (χ1v) is 4.90. The van der Waals surface area contributed by atoms with Gasteiger partial charge in [-0.2, -0.15) is 0 Å². The van der Waals surface area contributed by atoms with Crippen molar-refractivity contribution >= 4 is 12.0 Å². The van der Waals surface area contributed by atoms with Gasteiger partial charge in [0, 0.05) is 24.2 Å². The molecule has 0 spiro atoms. The van der Waals surface area contributed by atoms with Crippen LogP contribution in [-0.4, -0.2) is 15.6 Å². The Hall–Kier alpha value is -2.29. The van der Waals surface area contributed by atoms with Crippen LogP contribution in [-0.2, 0) is 4.79 Å². The van der Waals surface area contributed by atoms with Gasteiger partial charge < -0.3 is 9.67 Å². The Balaban J connectivity index is 2.30. The number of aliphatic carboxylic acids is 1. The van der Waals surface area contributed by atoms with Gasteiger partial charge in [0.25, 0.3) is 0 Å². The first kappa shape index (κ1) is 10.2. The molecule has 0 amide bonds. The van der Waals surface area contributed by atoms with Gasteiger partial charge in [-0.05, 0) is 35.9 Å². The number of benzene rings is 1. The van der Waals surface area contributed by atoms with Crippen LogP contribution in [0.25, 0.3) is 11.8 Å². The van der Waals surface area contributed by atoms with Crippen molar-refractivity contribution in [2.45, 2.75) is 0 Å². The van der Waals surface area contributed by atoms with E-state index in [2.05, 4.69) is 0 Å². The SMILES string of the molecule is O=C(O)C=Cc1cccc(-n2cccc2)c1. The van der Waals surface area contributed by atoms with E-state index in [9.17, 15) is 4.79 Å². The second-order valence-corrected chi connectivity index (χ2v) is 3.36. The smallest absolute Gasteiger partial charge is 0.328 e. The number of carboxylic acid groups (broad SMARTS) is 1. The highest BCUT2D eigenvalue weighted by Crippen LogP contribution is 2.11. The van der Waals surface area contributed by atoms with E-state index < -0.39 is 5.97 Å². The number of carbonyl (C=O) groups is 1.